The van der Waals surface area contributed by atoms with Crippen molar-refractivity contribution in [2.75, 3.05) is 0 Å². The molecule has 2 rings (SSSR count). The van der Waals surface area contributed by atoms with Gasteiger partial charge in [0.15, 0.2) is 0 Å². The molecule has 0 N–H and O–H groups in total. The first kappa shape index (κ1) is 14.3. The quantitative estimate of drug-likeness (QED) is 0.706. The van der Waals surface area contributed by atoms with E-state index in [0.29, 0.717) is 0 Å². The number of aryl methyl sites for hydroxylation is 1. The fourth-order valence-electron chi connectivity index (χ4n) is 3.30. The number of hydrogen-bond donors (Lipinski definition) is 0. The maximum Gasteiger partial charge on any atom is 0.127 e. The summed E-state index contributed by atoms with van der Waals surface area (Å²) >= 11 is 0. The molecule has 0 spiro atoms. The second-order valence-corrected chi connectivity index (χ2v) is 7.45. The van der Waals surface area contributed by atoms with E-state index < -0.39 is 0 Å². The lowest BCUT2D eigenvalue weighted by Crippen LogP contribution is -2.34. The summed E-state index contributed by atoms with van der Waals surface area (Å²) in [4.78, 5) is 11.1. The van der Waals surface area contributed by atoms with Crippen molar-refractivity contribution in [3.63, 3.8) is 0 Å². The molecule has 0 saturated carbocycles. The van der Waals surface area contributed by atoms with Crippen LogP contribution in [-0.2, 0) is 15.6 Å². The van der Waals surface area contributed by atoms with Gasteiger partial charge in [-0.25, -0.2) is 0 Å². The number of fused-ring (bicyclic) bond motifs is 1. The standard InChI is InChI=1S/C18H26O/c1-12-9-15-16(10-14(12)13(2)11-19)18(5,6)8-7-17(15,3)4/h9-11,13H,7-8H2,1-6H3. The second kappa shape index (κ2) is 4.47. The van der Waals surface area contributed by atoms with Crippen molar-refractivity contribution in [2.24, 2.45) is 0 Å². The molecule has 0 heterocycles. The first-order valence-corrected chi connectivity index (χ1v) is 7.30. The largest absolute Gasteiger partial charge is 0.303 e. The third-order valence-corrected chi connectivity index (χ3v) is 4.93. The van der Waals surface area contributed by atoms with E-state index >= 15 is 0 Å². The normalized spacial score (nSPS) is 21.6. The molecule has 0 aliphatic heterocycles. The van der Waals surface area contributed by atoms with E-state index in [0.717, 1.165) is 6.29 Å². The van der Waals surface area contributed by atoms with Crippen LogP contribution in [0.3, 0.4) is 0 Å². The predicted octanol–water partition coefficient (Wildman–Crippen LogP) is 4.65. The highest BCUT2D eigenvalue weighted by Gasteiger charge is 2.37. The Morgan fingerprint density at radius 2 is 1.53 bits per heavy atom. The Labute approximate surface area is 117 Å². The highest BCUT2D eigenvalue weighted by Crippen LogP contribution is 2.46. The topological polar surface area (TPSA) is 17.1 Å². The van der Waals surface area contributed by atoms with Gasteiger partial charge >= 0.3 is 0 Å². The van der Waals surface area contributed by atoms with E-state index in [9.17, 15) is 4.79 Å². The van der Waals surface area contributed by atoms with Crippen molar-refractivity contribution in [1.29, 1.82) is 0 Å². The Morgan fingerprint density at radius 3 is 2.00 bits per heavy atom. The smallest absolute Gasteiger partial charge is 0.127 e. The van der Waals surface area contributed by atoms with Gasteiger partial charge < -0.3 is 4.79 Å². The molecule has 0 radical (unpaired) electrons. The zero-order valence-electron chi connectivity index (χ0n) is 13.1. The van der Waals surface area contributed by atoms with Gasteiger partial charge in [0, 0.05) is 5.92 Å². The van der Waals surface area contributed by atoms with Gasteiger partial charge in [-0.3, -0.25) is 0 Å². The van der Waals surface area contributed by atoms with Crippen molar-refractivity contribution in [3.8, 4) is 0 Å². The molecular formula is C18H26O. The fourth-order valence-corrected chi connectivity index (χ4v) is 3.30. The van der Waals surface area contributed by atoms with Crippen LogP contribution in [0.15, 0.2) is 12.1 Å². The maximum absolute atomic E-state index is 11.1. The van der Waals surface area contributed by atoms with Crippen molar-refractivity contribution < 1.29 is 4.79 Å². The molecule has 1 aliphatic rings. The predicted molar refractivity (Wildman–Crippen MR) is 80.9 cm³/mol. The zero-order valence-corrected chi connectivity index (χ0v) is 13.1. The summed E-state index contributed by atoms with van der Waals surface area (Å²) in [6, 6.07) is 4.62. The summed E-state index contributed by atoms with van der Waals surface area (Å²) in [6.45, 7) is 13.4. The number of rotatable bonds is 2. The highest BCUT2D eigenvalue weighted by atomic mass is 16.1. The van der Waals surface area contributed by atoms with Crippen molar-refractivity contribution in [1.82, 2.24) is 0 Å². The van der Waals surface area contributed by atoms with E-state index in [-0.39, 0.29) is 16.7 Å². The van der Waals surface area contributed by atoms with E-state index in [2.05, 4.69) is 46.8 Å². The Balaban J connectivity index is 2.68. The molecule has 1 aliphatic carbocycles. The lowest BCUT2D eigenvalue weighted by molar-refractivity contribution is -0.108. The summed E-state index contributed by atoms with van der Waals surface area (Å²) < 4.78 is 0. The third-order valence-electron chi connectivity index (χ3n) is 4.93. The number of carbonyl (C=O) groups excluding carboxylic acids is 1. The molecular weight excluding hydrogens is 232 g/mol. The molecule has 0 bridgehead atoms. The van der Waals surface area contributed by atoms with Gasteiger partial charge in [-0.1, -0.05) is 46.8 Å². The van der Waals surface area contributed by atoms with Gasteiger partial charge in [-0.2, -0.15) is 0 Å². The van der Waals surface area contributed by atoms with Crippen LogP contribution in [0.5, 0.6) is 0 Å². The van der Waals surface area contributed by atoms with Gasteiger partial charge in [0.2, 0.25) is 0 Å². The number of benzene rings is 1. The lowest BCUT2D eigenvalue weighted by Gasteiger charge is -2.42. The molecule has 0 aromatic heterocycles. The minimum absolute atomic E-state index is 0.00820. The van der Waals surface area contributed by atoms with E-state index in [4.69, 9.17) is 0 Å². The Bertz CT molecular complexity index is 509. The molecule has 1 atom stereocenters. The summed E-state index contributed by atoms with van der Waals surface area (Å²) in [7, 11) is 0. The molecule has 1 aromatic carbocycles. The van der Waals surface area contributed by atoms with E-state index in [1.807, 2.05) is 6.92 Å². The summed E-state index contributed by atoms with van der Waals surface area (Å²) in [5, 5.41) is 0. The fraction of sp³-hybridized carbons (Fsp3) is 0.611. The Kier molecular flexibility index (Phi) is 3.36. The molecule has 1 aromatic rings. The molecule has 104 valence electrons. The van der Waals surface area contributed by atoms with E-state index in [1.54, 1.807) is 0 Å². The minimum atomic E-state index is -0.00820. The van der Waals surface area contributed by atoms with Gasteiger partial charge in [-0.05, 0) is 52.8 Å². The van der Waals surface area contributed by atoms with Crippen LogP contribution in [0.2, 0.25) is 0 Å². The van der Waals surface area contributed by atoms with Crippen LogP contribution in [0.25, 0.3) is 0 Å². The lowest BCUT2D eigenvalue weighted by atomic mass is 9.62. The SMILES string of the molecule is Cc1cc2c(cc1C(C)C=O)C(C)(C)CCC2(C)C. The van der Waals surface area contributed by atoms with Crippen LogP contribution in [-0.4, -0.2) is 6.29 Å². The average molecular weight is 258 g/mol. The Morgan fingerprint density at radius 1 is 1.05 bits per heavy atom. The van der Waals surface area contributed by atoms with Crippen LogP contribution in [0.4, 0.5) is 0 Å². The summed E-state index contributed by atoms with van der Waals surface area (Å²) in [6.07, 6.45) is 3.50. The third kappa shape index (κ3) is 2.35. The first-order valence-electron chi connectivity index (χ1n) is 7.30. The van der Waals surface area contributed by atoms with Gasteiger partial charge in [-0.15, -0.1) is 0 Å². The average Bonchev–Trinajstić information content (AvgIpc) is 2.34. The monoisotopic (exact) mass is 258 g/mol. The first-order chi connectivity index (χ1) is 8.69. The minimum Gasteiger partial charge on any atom is -0.303 e. The van der Waals surface area contributed by atoms with Crippen LogP contribution >= 0.6 is 0 Å². The summed E-state index contributed by atoms with van der Waals surface area (Å²) in [5.41, 5.74) is 5.83. The van der Waals surface area contributed by atoms with Crippen molar-refractivity contribution in [2.45, 2.75) is 71.1 Å². The van der Waals surface area contributed by atoms with Crippen LogP contribution in [0, 0.1) is 6.92 Å². The number of hydrogen-bond acceptors (Lipinski definition) is 1. The van der Waals surface area contributed by atoms with Gasteiger partial charge in [0.05, 0.1) is 0 Å². The van der Waals surface area contributed by atoms with Gasteiger partial charge in [0.1, 0.15) is 6.29 Å². The summed E-state index contributed by atoms with van der Waals surface area (Å²) in [5.74, 6) is -0.00820. The second-order valence-electron chi connectivity index (χ2n) is 7.45. The molecule has 0 fully saturated rings. The van der Waals surface area contributed by atoms with Crippen molar-refractivity contribution in [3.05, 3.63) is 34.4 Å². The Hall–Kier alpha value is -1.11. The molecule has 1 nitrogen and oxygen atoms in total. The molecule has 0 saturated heterocycles. The van der Waals surface area contributed by atoms with Crippen molar-refractivity contribution >= 4 is 6.29 Å². The molecule has 1 unspecified atom stereocenters. The number of aldehydes is 1. The van der Waals surface area contributed by atoms with E-state index in [1.165, 1.54) is 35.1 Å². The number of carbonyl (C=O) groups is 1. The molecule has 19 heavy (non-hydrogen) atoms. The van der Waals surface area contributed by atoms with Gasteiger partial charge in [0.25, 0.3) is 0 Å². The van der Waals surface area contributed by atoms with Crippen LogP contribution < -0.4 is 0 Å². The maximum atomic E-state index is 11.1. The molecule has 1 heteroatoms. The zero-order chi connectivity index (χ0) is 14.4. The van der Waals surface area contributed by atoms with Crippen LogP contribution in [0.1, 0.15) is 75.6 Å². The molecule has 0 amide bonds. The highest BCUT2D eigenvalue weighted by molar-refractivity contribution is 5.64.